The number of carbonyl (C=O) groups excluding carboxylic acids is 2. The summed E-state index contributed by atoms with van der Waals surface area (Å²) in [4.78, 5) is 21.2. The second-order valence-corrected chi connectivity index (χ2v) is 2.48. The summed E-state index contributed by atoms with van der Waals surface area (Å²) in [5.41, 5.74) is 0. The fourth-order valence-electron chi connectivity index (χ4n) is 0.812. The van der Waals surface area contributed by atoms with Gasteiger partial charge in [0.05, 0.1) is 0 Å². The van der Waals surface area contributed by atoms with Crippen LogP contribution in [0.3, 0.4) is 0 Å². The van der Waals surface area contributed by atoms with E-state index in [1.807, 2.05) is 0 Å². The van der Waals surface area contributed by atoms with E-state index < -0.39 is 6.09 Å². The van der Waals surface area contributed by atoms with Gasteiger partial charge in [-0.2, -0.15) is 0 Å². The largest absolute Gasteiger partial charge is 0.463 e. The molecule has 1 rings (SSSR count). The molecule has 0 unspecified atom stereocenters. The lowest BCUT2D eigenvalue weighted by molar-refractivity contribution is -0.143. The highest BCUT2D eigenvalue weighted by Crippen LogP contribution is 1.98. The fraction of sp³-hybridized carbons (Fsp3) is 0.714. The van der Waals surface area contributed by atoms with E-state index in [1.54, 1.807) is 6.92 Å². The predicted molar refractivity (Wildman–Crippen MR) is 39.5 cm³/mol. The molecule has 12 heavy (non-hydrogen) atoms. The van der Waals surface area contributed by atoms with Crippen molar-refractivity contribution in [1.82, 2.24) is 5.32 Å². The van der Waals surface area contributed by atoms with Crippen LogP contribution in [0.15, 0.2) is 0 Å². The van der Waals surface area contributed by atoms with Crippen LogP contribution in [0.2, 0.25) is 0 Å². The minimum Gasteiger partial charge on any atom is -0.463 e. The van der Waals surface area contributed by atoms with Crippen molar-refractivity contribution >= 4 is 12.1 Å². The van der Waals surface area contributed by atoms with E-state index in [0.29, 0.717) is 6.42 Å². The zero-order valence-electron chi connectivity index (χ0n) is 6.83. The Bertz CT molecular complexity index is 192. The molecule has 0 aliphatic carbocycles. The number of alkyl carbamates (subject to hydrolysis) is 1. The summed E-state index contributed by atoms with van der Waals surface area (Å²) in [5.74, 6) is -0.267. The highest BCUT2D eigenvalue weighted by molar-refractivity contribution is 5.70. The number of esters is 1. The van der Waals surface area contributed by atoms with Gasteiger partial charge in [0.15, 0.2) is 0 Å². The lowest BCUT2D eigenvalue weighted by atomic mass is 10.3. The third-order valence-corrected chi connectivity index (χ3v) is 1.47. The summed E-state index contributed by atoms with van der Waals surface area (Å²) in [6.07, 6.45) is -0.103. The first kappa shape index (κ1) is 8.83. The van der Waals surface area contributed by atoms with Crippen LogP contribution >= 0.6 is 0 Å². The molecule has 0 aromatic heterocycles. The highest BCUT2D eigenvalue weighted by atomic mass is 16.6. The van der Waals surface area contributed by atoms with Crippen molar-refractivity contribution in [2.75, 3.05) is 13.2 Å². The standard InChI is InChI=1S/C7H11NO4/c1-2-6(9)11-3-5-4-12-7(10)8-5/h5H,2-4H2,1H3,(H,8,10)/t5-/m1/s1. The van der Waals surface area contributed by atoms with Crippen LogP contribution in [0.4, 0.5) is 4.79 Å². The number of amides is 1. The molecule has 1 amide bonds. The van der Waals surface area contributed by atoms with Gasteiger partial charge in [-0.05, 0) is 0 Å². The molecule has 0 aromatic carbocycles. The van der Waals surface area contributed by atoms with Gasteiger partial charge in [0, 0.05) is 6.42 Å². The van der Waals surface area contributed by atoms with Gasteiger partial charge in [-0.1, -0.05) is 6.92 Å². The maximum Gasteiger partial charge on any atom is 0.407 e. The second-order valence-electron chi connectivity index (χ2n) is 2.48. The molecule has 5 nitrogen and oxygen atoms in total. The minimum absolute atomic E-state index is 0.187. The SMILES string of the molecule is CCC(=O)OC[C@@H]1COC(=O)N1. The maximum atomic E-state index is 10.7. The van der Waals surface area contributed by atoms with Crippen molar-refractivity contribution < 1.29 is 19.1 Å². The number of rotatable bonds is 3. The summed E-state index contributed by atoms with van der Waals surface area (Å²) < 4.78 is 9.38. The number of nitrogens with one attached hydrogen (secondary N) is 1. The van der Waals surface area contributed by atoms with E-state index in [2.05, 4.69) is 10.1 Å². The minimum atomic E-state index is -0.451. The molecule has 0 radical (unpaired) electrons. The van der Waals surface area contributed by atoms with Gasteiger partial charge in [0.1, 0.15) is 19.3 Å². The van der Waals surface area contributed by atoms with E-state index in [0.717, 1.165) is 0 Å². The van der Waals surface area contributed by atoms with Gasteiger partial charge in [0.25, 0.3) is 0 Å². The first-order valence-corrected chi connectivity index (χ1v) is 3.81. The lowest BCUT2D eigenvalue weighted by Gasteiger charge is -2.06. The van der Waals surface area contributed by atoms with Gasteiger partial charge in [0.2, 0.25) is 0 Å². The summed E-state index contributed by atoms with van der Waals surface area (Å²) in [6, 6.07) is -0.187. The van der Waals surface area contributed by atoms with Crippen molar-refractivity contribution in [1.29, 1.82) is 0 Å². The van der Waals surface area contributed by atoms with Crippen LogP contribution < -0.4 is 5.32 Å². The molecule has 0 bridgehead atoms. The van der Waals surface area contributed by atoms with E-state index in [9.17, 15) is 9.59 Å². The summed E-state index contributed by atoms with van der Waals surface area (Å²) in [7, 11) is 0. The molecule has 1 saturated heterocycles. The van der Waals surface area contributed by atoms with Gasteiger partial charge in [-0.25, -0.2) is 4.79 Å². The molecule has 1 N–H and O–H groups in total. The normalized spacial score (nSPS) is 21.4. The lowest BCUT2D eigenvalue weighted by Crippen LogP contribution is -2.31. The maximum absolute atomic E-state index is 10.7. The summed E-state index contributed by atoms with van der Waals surface area (Å²) in [5, 5.41) is 2.49. The van der Waals surface area contributed by atoms with Crippen LogP contribution in [0.5, 0.6) is 0 Å². The Morgan fingerprint density at radius 1 is 1.83 bits per heavy atom. The van der Waals surface area contributed by atoms with Crippen LogP contribution in [0, 0.1) is 0 Å². The van der Waals surface area contributed by atoms with Gasteiger partial charge < -0.3 is 14.8 Å². The quantitative estimate of drug-likeness (QED) is 0.612. The number of hydrogen-bond donors (Lipinski definition) is 1. The van der Waals surface area contributed by atoms with Crippen LogP contribution in [0.25, 0.3) is 0 Å². The van der Waals surface area contributed by atoms with E-state index in [4.69, 9.17) is 4.74 Å². The monoisotopic (exact) mass is 173 g/mol. The first-order chi connectivity index (χ1) is 5.72. The highest BCUT2D eigenvalue weighted by Gasteiger charge is 2.22. The van der Waals surface area contributed by atoms with E-state index in [-0.39, 0.29) is 25.2 Å². The summed E-state index contributed by atoms with van der Waals surface area (Å²) >= 11 is 0. The Hall–Kier alpha value is -1.26. The van der Waals surface area contributed by atoms with E-state index >= 15 is 0 Å². The van der Waals surface area contributed by atoms with Gasteiger partial charge in [-0.15, -0.1) is 0 Å². The molecule has 0 saturated carbocycles. The Labute approximate surface area is 70.0 Å². The molecule has 1 aliphatic rings. The van der Waals surface area contributed by atoms with Gasteiger partial charge >= 0.3 is 12.1 Å². The number of ether oxygens (including phenoxy) is 2. The zero-order chi connectivity index (χ0) is 8.97. The molecular formula is C7H11NO4. The fourth-order valence-corrected chi connectivity index (χ4v) is 0.812. The first-order valence-electron chi connectivity index (χ1n) is 3.81. The molecule has 1 fully saturated rings. The van der Waals surface area contributed by atoms with E-state index in [1.165, 1.54) is 0 Å². The van der Waals surface area contributed by atoms with Crippen molar-refractivity contribution in [2.24, 2.45) is 0 Å². The molecule has 0 aromatic rings. The second kappa shape index (κ2) is 3.94. The van der Waals surface area contributed by atoms with Crippen molar-refractivity contribution in [2.45, 2.75) is 19.4 Å². The number of cyclic esters (lactones) is 1. The molecule has 68 valence electrons. The molecule has 1 aliphatic heterocycles. The average Bonchev–Trinajstić information content (AvgIpc) is 2.47. The van der Waals surface area contributed by atoms with Crippen molar-refractivity contribution in [3.8, 4) is 0 Å². The molecular weight excluding hydrogens is 162 g/mol. The topological polar surface area (TPSA) is 64.6 Å². The number of carbonyl (C=O) groups is 2. The molecule has 5 heteroatoms. The Morgan fingerprint density at radius 2 is 2.58 bits per heavy atom. The Balaban J connectivity index is 2.16. The Morgan fingerprint density at radius 3 is 3.08 bits per heavy atom. The predicted octanol–water partition coefficient (Wildman–Crippen LogP) is 0.0480. The molecule has 0 spiro atoms. The zero-order valence-corrected chi connectivity index (χ0v) is 6.83. The van der Waals surface area contributed by atoms with Crippen LogP contribution in [-0.4, -0.2) is 31.3 Å². The number of hydrogen-bond acceptors (Lipinski definition) is 4. The Kier molecular flexibility index (Phi) is 2.90. The molecule has 1 atom stereocenters. The van der Waals surface area contributed by atoms with Gasteiger partial charge in [-0.3, -0.25) is 4.79 Å². The van der Waals surface area contributed by atoms with Crippen molar-refractivity contribution in [3.05, 3.63) is 0 Å². The molecule has 1 heterocycles. The van der Waals surface area contributed by atoms with Crippen LogP contribution in [-0.2, 0) is 14.3 Å². The average molecular weight is 173 g/mol. The third kappa shape index (κ3) is 2.41. The summed E-state index contributed by atoms with van der Waals surface area (Å²) in [6.45, 7) is 2.18. The third-order valence-electron chi connectivity index (χ3n) is 1.47. The smallest absolute Gasteiger partial charge is 0.407 e. The van der Waals surface area contributed by atoms with Crippen molar-refractivity contribution in [3.63, 3.8) is 0 Å². The van der Waals surface area contributed by atoms with Crippen LogP contribution in [0.1, 0.15) is 13.3 Å².